The Kier molecular flexibility index (Phi) is 4.91. The summed E-state index contributed by atoms with van der Waals surface area (Å²) in [5.41, 5.74) is 0. The Hall–Kier alpha value is -0.660. The first-order valence-corrected chi connectivity index (χ1v) is 7.38. The second-order valence-electron chi connectivity index (χ2n) is 4.18. The normalized spacial score (nSPS) is 21.1. The van der Waals surface area contributed by atoms with Gasteiger partial charge in [0.15, 0.2) is 6.29 Å². The molecule has 7 heteroatoms. The Morgan fingerprint density at radius 1 is 1.35 bits per heavy atom. The minimum absolute atomic E-state index is 0.231. The van der Waals surface area contributed by atoms with Gasteiger partial charge in [-0.05, 0) is 19.8 Å². The highest BCUT2D eigenvalue weighted by molar-refractivity contribution is 7.88. The zero-order chi connectivity index (χ0) is 13.1. The summed E-state index contributed by atoms with van der Waals surface area (Å²) in [7, 11) is -1.68. The SMILES string of the molecule is COC(C)OC(=O)C1CCN(S(C)(=O)=O)CC1. The van der Waals surface area contributed by atoms with E-state index in [4.69, 9.17) is 9.47 Å². The third-order valence-corrected chi connectivity index (χ3v) is 4.17. The van der Waals surface area contributed by atoms with Crippen LogP contribution < -0.4 is 0 Å². The maximum atomic E-state index is 11.7. The molecule has 1 unspecified atom stereocenters. The van der Waals surface area contributed by atoms with Crippen LogP contribution in [-0.2, 0) is 24.3 Å². The van der Waals surface area contributed by atoms with E-state index in [1.165, 1.54) is 17.7 Å². The molecule has 1 heterocycles. The molecule has 1 fully saturated rings. The van der Waals surface area contributed by atoms with Gasteiger partial charge in [0.25, 0.3) is 0 Å². The first-order chi connectivity index (χ1) is 7.84. The van der Waals surface area contributed by atoms with Crippen LogP contribution in [0.25, 0.3) is 0 Å². The van der Waals surface area contributed by atoms with Gasteiger partial charge in [0.1, 0.15) is 0 Å². The van der Waals surface area contributed by atoms with Crippen molar-refractivity contribution in [3.05, 3.63) is 0 Å². The molecule has 0 N–H and O–H groups in total. The highest BCUT2D eigenvalue weighted by atomic mass is 32.2. The number of nitrogens with zero attached hydrogens (tertiary/aromatic N) is 1. The second-order valence-corrected chi connectivity index (χ2v) is 6.16. The summed E-state index contributed by atoms with van der Waals surface area (Å²) in [6, 6.07) is 0. The fraction of sp³-hybridized carbons (Fsp3) is 0.900. The fourth-order valence-corrected chi connectivity index (χ4v) is 2.61. The monoisotopic (exact) mass is 265 g/mol. The molecule has 0 aromatic rings. The molecule has 1 aliphatic rings. The van der Waals surface area contributed by atoms with Crippen LogP contribution in [0, 0.1) is 5.92 Å². The molecular formula is C10H19NO5S. The first kappa shape index (κ1) is 14.4. The van der Waals surface area contributed by atoms with Crippen LogP contribution in [0.15, 0.2) is 0 Å². The number of ether oxygens (including phenoxy) is 2. The lowest BCUT2D eigenvalue weighted by Crippen LogP contribution is -2.40. The minimum atomic E-state index is -3.15. The van der Waals surface area contributed by atoms with E-state index >= 15 is 0 Å². The highest BCUT2D eigenvalue weighted by Crippen LogP contribution is 2.20. The van der Waals surface area contributed by atoms with E-state index in [9.17, 15) is 13.2 Å². The van der Waals surface area contributed by atoms with Gasteiger partial charge in [-0.3, -0.25) is 4.79 Å². The van der Waals surface area contributed by atoms with Gasteiger partial charge in [-0.25, -0.2) is 12.7 Å². The smallest absolute Gasteiger partial charge is 0.311 e. The van der Waals surface area contributed by atoms with E-state index in [1.807, 2.05) is 0 Å². The number of carbonyl (C=O) groups is 1. The molecule has 1 aliphatic heterocycles. The number of methoxy groups -OCH3 is 1. The number of hydrogen-bond acceptors (Lipinski definition) is 5. The molecule has 0 amide bonds. The molecule has 0 aromatic carbocycles. The van der Waals surface area contributed by atoms with Crippen molar-refractivity contribution in [2.45, 2.75) is 26.1 Å². The highest BCUT2D eigenvalue weighted by Gasteiger charge is 2.30. The van der Waals surface area contributed by atoms with Crippen molar-refractivity contribution in [3.63, 3.8) is 0 Å². The fourth-order valence-electron chi connectivity index (χ4n) is 1.73. The van der Waals surface area contributed by atoms with Crippen molar-refractivity contribution < 1.29 is 22.7 Å². The topological polar surface area (TPSA) is 72.9 Å². The third kappa shape index (κ3) is 4.25. The van der Waals surface area contributed by atoms with Crippen molar-refractivity contribution in [2.75, 3.05) is 26.5 Å². The summed E-state index contributed by atoms with van der Waals surface area (Å²) < 4.78 is 33.8. The predicted octanol–water partition coefficient (Wildman–Crippen LogP) is 0.194. The molecule has 0 aromatic heterocycles. The van der Waals surface area contributed by atoms with Gasteiger partial charge in [-0.1, -0.05) is 0 Å². The summed E-state index contributed by atoms with van der Waals surface area (Å²) in [5, 5.41) is 0. The molecule has 0 spiro atoms. The van der Waals surface area contributed by atoms with E-state index in [-0.39, 0.29) is 11.9 Å². The standard InChI is InChI=1S/C10H19NO5S/c1-8(15-2)16-10(12)9-4-6-11(7-5-9)17(3,13)14/h8-9H,4-7H2,1-3H3. The van der Waals surface area contributed by atoms with Crippen molar-refractivity contribution >= 4 is 16.0 Å². The van der Waals surface area contributed by atoms with Gasteiger partial charge in [0, 0.05) is 20.2 Å². The molecule has 1 atom stereocenters. The molecule has 17 heavy (non-hydrogen) atoms. The molecule has 0 bridgehead atoms. The summed E-state index contributed by atoms with van der Waals surface area (Å²) in [4.78, 5) is 11.7. The molecule has 6 nitrogen and oxygen atoms in total. The van der Waals surface area contributed by atoms with Crippen LogP contribution in [0.1, 0.15) is 19.8 Å². The Labute approximate surface area is 102 Å². The maximum Gasteiger partial charge on any atom is 0.311 e. The van der Waals surface area contributed by atoms with E-state index in [1.54, 1.807) is 6.92 Å². The van der Waals surface area contributed by atoms with Crippen molar-refractivity contribution in [1.82, 2.24) is 4.31 Å². The Morgan fingerprint density at radius 2 is 1.88 bits per heavy atom. The third-order valence-electron chi connectivity index (χ3n) is 2.87. The lowest BCUT2D eigenvalue weighted by molar-refractivity contribution is -0.175. The van der Waals surface area contributed by atoms with Crippen LogP contribution in [0.2, 0.25) is 0 Å². The zero-order valence-corrected chi connectivity index (χ0v) is 11.2. The van der Waals surface area contributed by atoms with E-state index < -0.39 is 16.3 Å². The average molecular weight is 265 g/mol. The van der Waals surface area contributed by atoms with Crippen LogP contribution >= 0.6 is 0 Å². The minimum Gasteiger partial charge on any atom is -0.436 e. The summed E-state index contributed by atoms with van der Waals surface area (Å²) in [6.45, 7) is 2.39. The Bertz CT molecular complexity index is 359. The van der Waals surface area contributed by atoms with Gasteiger partial charge in [-0.2, -0.15) is 0 Å². The van der Waals surface area contributed by atoms with Crippen molar-refractivity contribution in [1.29, 1.82) is 0 Å². The van der Waals surface area contributed by atoms with Gasteiger partial charge in [0.2, 0.25) is 10.0 Å². The molecule has 1 rings (SSSR count). The second kappa shape index (κ2) is 5.79. The number of sulfonamides is 1. The van der Waals surface area contributed by atoms with Crippen molar-refractivity contribution in [3.8, 4) is 0 Å². The molecule has 0 saturated carbocycles. The van der Waals surface area contributed by atoms with Crippen LogP contribution in [0.3, 0.4) is 0 Å². The molecule has 1 saturated heterocycles. The Balaban J connectivity index is 2.44. The number of rotatable bonds is 4. The largest absolute Gasteiger partial charge is 0.436 e. The summed E-state index contributed by atoms with van der Waals surface area (Å²) in [6.07, 6.45) is 1.62. The van der Waals surface area contributed by atoms with E-state index in [0.29, 0.717) is 25.9 Å². The molecule has 0 radical (unpaired) electrons. The average Bonchev–Trinajstić information content (AvgIpc) is 2.27. The lowest BCUT2D eigenvalue weighted by Gasteiger charge is -2.29. The van der Waals surface area contributed by atoms with Gasteiger partial charge < -0.3 is 9.47 Å². The van der Waals surface area contributed by atoms with E-state index in [2.05, 4.69) is 0 Å². The number of carbonyl (C=O) groups excluding carboxylic acids is 1. The Morgan fingerprint density at radius 3 is 2.29 bits per heavy atom. The number of hydrogen-bond donors (Lipinski definition) is 0. The first-order valence-electron chi connectivity index (χ1n) is 5.53. The quantitative estimate of drug-likeness (QED) is 0.536. The van der Waals surface area contributed by atoms with Gasteiger partial charge in [0.05, 0.1) is 12.2 Å². The molecule has 100 valence electrons. The van der Waals surface area contributed by atoms with E-state index in [0.717, 1.165) is 0 Å². The van der Waals surface area contributed by atoms with Crippen LogP contribution in [0.4, 0.5) is 0 Å². The predicted molar refractivity (Wildman–Crippen MR) is 61.7 cm³/mol. The zero-order valence-electron chi connectivity index (χ0n) is 10.4. The summed E-state index contributed by atoms with van der Waals surface area (Å²) >= 11 is 0. The number of piperidine rings is 1. The lowest BCUT2D eigenvalue weighted by atomic mass is 9.98. The molecular weight excluding hydrogens is 246 g/mol. The summed E-state index contributed by atoms with van der Waals surface area (Å²) in [5.74, 6) is -0.543. The van der Waals surface area contributed by atoms with Crippen LogP contribution in [-0.4, -0.2) is 51.4 Å². The number of esters is 1. The van der Waals surface area contributed by atoms with Crippen molar-refractivity contribution in [2.24, 2.45) is 5.92 Å². The maximum absolute atomic E-state index is 11.7. The van der Waals surface area contributed by atoms with Gasteiger partial charge in [-0.15, -0.1) is 0 Å². The molecule has 0 aliphatic carbocycles. The van der Waals surface area contributed by atoms with Crippen LogP contribution in [0.5, 0.6) is 0 Å². The van der Waals surface area contributed by atoms with Gasteiger partial charge >= 0.3 is 5.97 Å².